The van der Waals surface area contributed by atoms with Gasteiger partial charge in [0, 0.05) is 5.02 Å². The Morgan fingerprint density at radius 1 is 0.645 bits per heavy atom. The Labute approximate surface area is 195 Å². The third-order valence-electron chi connectivity index (χ3n) is 8.13. The SMILES string of the molecule is C=CCCC1CCC(CCC2CCC(c3ccc(-c4ccc(Cl)cc4)cc3)CC2)CC1. The molecule has 2 aliphatic rings. The summed E-state index contributed by atoms with van der Waals surface area (Å²) in [6.45, 7) is 3.88. The van der Waals surface area contributed by atoms with Crippen LogP contribution in [0.4, 0.5) is 0 Å². The van der Waals surface area contributed by atoms with Crippen LogP contribution in [0, 0.1) is 17.8 Å². The lowest BCUT2D eigenvalue weighted by molar-refractivity contribution is 0.225. The summed E-state index contributed by atoms with van der Waals surface area (Å²) in [7, 11) is 0. The predicted molar refractivity (Wildman–Crippen MR) is 136 cm³/mol. The molecule has 0 bridgehead atoms. The number of halogens is 1. The minimum absolute atomic E-state index is 0.760. The highest BCUT2D eigenvalue weighted by Crippen LogP contribution is 2.40. The van der Waals surface area contributed by atoms with E-state index in [2.05, 4.69) is 49.1 Å². The Balaban J connectivity index is 1.19. The van der Waals surface area contributed by atoms with Gasteiger partial charge in [-0.3, -0.25) is 0 Å². The number of hydrogen-bond donors (Lipinski definition) is 0. The summed E-state index contributed by atoms with van der Waals surface area (Å²) in [5.41, 5.74) is 4.07. The van der Waals surface area contributed by atoms with Gasteiger partial charge in [0.2, 0.25) is 0 Å². The molecule has 0 atom stereocenters. The Morgan fingerprint density at radius 3 is 1.61 bits per heavy atom. The first-order chi connectivity index (χ1) is 15.2. The summed E-state index contributed by atoms with van der Waals surface area (Å²) < 4.78 is 0. The van der Waals surface area contributed by atoms with E-state index in [1.54, 1.807) is 0 Å². The van der Waals surface area contributed by atoms with Gasteiger partial charge in [0.1, 0.15) is 0 Å². The molecule has 31 heavy (non-hydrogen) atoms. The Morgan fingerprint density at radius 2 is 1.10 bits per heavy atom. The van der Waals surface area contributed by atoms with Crippen molar-refractivity contribution in [1.82, 2.24) is 0 Å². The lowest BCUT2D eigenvalue weighted by atomic mass is 9.74. The summed E-state index contributed by atoms with van der Waals surface area (Å²) in [4.78, 5) is 0. The molecule has 4 rings (SSSR count). The van der Waals surface area contributed by atoms with Gasteiger partial charge in [0.15, 0.2) is 0 Å². The molecule has 2 aliphatic carbocycles. The summed E-state index contributed by atoms with van der Waals surface area (Å²) in [5, 5.41) is 0.799. The third kappa shape index (κ3) is 6.48. The monoisotopic (exact) mass is 434 g/mol. The van der Waals surface area contributed by atoms with Crippen LogP contribution in [0.15, 0.2) is 61.2 Å². The minimum atomic E-state index is 0.760. The summed E-state index contributed by atoms with van der Waals surface area (Å²) >= 11 is 6.02. The number of hydrogen-bond acceptors (Lipinski definition) is 0. The van der Waals surface area contributed by atoms with Crippen molar-refractivity contribution in [2.75, 3.05) is 0 Å². The maximum atomic E-state index is 6.02. The smallest absolute Gasteiger partial charge is 0.0406 e. The first-order valence-corrected chi connectivity index (χ1v) is 13.1. The molecule has 0 spiro atoms. The van der Waals surface area contributed by atoms with Gasteiger partial charge in [-0.1, -0.05) is 92.6 Å². The van der Waals surface area contributed by atoms with Crippen LogP contribution < -0.4 is 0 Å². The average Bonchev–Trinajstić information content (AvgIpc) is 2.83. The van der Waals surface area contributed by atoms with Crippen LogP contribution >= 0.6 is 11.6 Å². The maximum Gasteiger partial charge on any atom is 0.0406 e. The van der Waals surface area contributed by atoms with Crippen LogP contribution in [0.2, 0.25) is 5.02 Å². The third-order valence-corrected chi connectivity index (χ3v) is 8.39. The van der Waals surface area contributed by atoms with Gasteiger partial charge in [-0.2, -0.15) is 0 Å². The lowest BCUT2D eigenvalue weighted by Crippen LogP contribution is -2.17. The fourth-order valence-corrected chi connectivity index (χ4v) is 6.13. The molecular formula is C30H39Cl. The van der Waals surface area contributed by atoms with Crippen molar-refractivity contribution in [2.24, 2.45) is 17.8 Å². The summed E-state index contributed by atoms with van der Waals surface area (Å²) in [6.07, 6.45) is 19.2. The summed E-state index contributed by atoms with van der Waals surface area (Å²) in [5.74, 6) is 3.73. The minimum Gasteiger partial charge on any atom is -0.103 e. The van der Waals surface area contributed by atoms with Crippen molar-refractivity contribution < 1.29 is 0 Å². The topological polar surface area (TPSA) is 0 Å². The van der Waals surface area contributed by atoms with E-state index in [0.717, 1.165) is 28.7 Å². The average molecular weight is 435 g/mol. The van der Waals surface area contributed by atoms with Gasteiger partial charge in [0.05, 0.1) is 0 Å². The second kappa shape index (κ2) is 11.4. The van der Waals surface area contributed by atoms with Gasteiger partial charge >= 0.3 is 0 Å². The fraction of sp³-hybridized carbons (Fsp3) is 0.533. The van der Waals surface area contributed by atoms with Crippen molar-refractivity contribution in [3.05, 3.63) is 71.8 Å². The highest BCUT2D eigenvalue weighted by Gasteiger charge is 2.25. The van der Waals surface area contributed by atoms with Crippen molar-refractivity contribution in [3.8, 4) is 11.1 Å². The van der Waals surface area contributed by atoms with Crippen LogP contribution in [0.25, 0.3) is 11.1 Å². The van der Waals surface area contributed by atoms with Gasteiger partial charge in [-0.05, 0) is 91.0 Å². The van der Waals surface area contributed by atoms with E-state index >= 15 is 0 Å². The largest absolute Gasteiger partial charge is 0.103 e. The van der Waals surface area contributed by atoms with Crippen LogP contribution in [0.1, 0.15) is 88.5 Å². The molecule has 0 N–H and O–H groups in total. The maximum absolute atomic E-state index is 6.02. The first-order valence-electron chi connectivity index (χ1n) is 12.7. The van der Waals surface area contributed by atoms with Crippen molar-refractivity contribution in [3.63, 3.8) is 0 Å². The van der Waals surface area contributed by atoms with E-state index in [9.17, 15) is 0 Å². The van der Waals surface area contributed by atoms with Gasteiger partial charge in [-0.15, -0.1) is 6.58 Å². The van der Waals surface area contributed by atoms with Crippen LogP contribution in [0.3, 0.4) is 0 Å². The molecule has 2 saturated carbocycles. The number of rotatable bonds is 8. The van der Waals surface area contributed by atoms with E-state index in [0.29, 0.717) is 0 Å². The molecule has 0 nitrogen and oxygen atoms in total. The number of allylic oxidation sites excluding steroid dienone is 1. The molecule has 166 valence electrons. The van der Waals surface area contributed by atoms with Gasteiger partial charge < -0.3 is 0 Å². The zero-order valence-electron chi connectivity index (χ0n) is 19.1. The molecule has 1 heteroatoms. The van der Waals surface area contributed by atoms with Crippen LogP contribution in [0.5, 0.6) is 0 Å². The van der Waals surface area contributed by atoms with Crippen molar-refractivity contribution in [2.45, 2.75) is 83.0 Å². The summed E-state index contributed by atoms with van der Waals surface area (Å²) in [6, 6.07) is 17.5. The van der Waals surface area contributed by atoms with Gasteiger partial charge in [-0.25, -0.2) is 0 Å². The highest BCUT2D eigenvalue weighted by atomic mass is 35.5. The molecular weight excluding hydrogens is 396 g/mol. The van der Waals surface area contributed by atoms with E-state index in [4.69, 9.17) is 11.6 Å². The Bertz CT molecular complexity index is 787. The number of benzene rings is 2. The van der Waals surface area contributed by atoms with Gasteiger partial charge in [0.25, 0.3) is 0 Å². The molecule has 0 saturated heterocycles. The molecule has 0 aliphatic heterocycles. The van der Waals surface area contributed by atoms with Crippen molar-refractivity contribution in [1.29, 1.82) is 0 Å². The molecule has 2 aromatic rings. The standard InChI is InChI=1S/C30H39Cl/c1-2-3-4-23-5-7-24(8-6-23)9-10-25-11-13-26(14-12-25)27-15-17-28(18-16-27)29-19-21-30(31)22-20-29/h2,15-26H,1,3-14H2. The molecule has 0 unspecified atom stereocenters. The Kier molecular flexibility index (Phi) is 8.31. The van der Waals surface area contributed by atoms with Crippen LogP contribution in [-0.4, -0.2) is 0 Å². The fourth-order valence-electron chi connectivity index (χ4n) is 6.01. The molecule has 0 amide bonds. The van der Waals surface area contributed by atoms with Crippen LogP contribution in [-0.2, 0) is 0 Å². The van der Waals surface area contributed by atoms with E-state index in [-0.39, 0.29) is 0 Å². The lowest BCUT2D eigenvalue weighted by Gasteiger charge is -2.32. The second-order valence-electron chi connectivity index (χ2n) is 10.2. The molecule has 2 fully saturated rings. The van der Waals surface area contributed by atoms with E-state index < -0.39 is 0 Å². The van der Waals surface area contributed by atoms with E-state index in [1.807, 2.05) is 12.1 Å². The molecule has 0 aromatic heterocycles. The first kappa shape index (κ1) is 22.7. The zero-order valence-corrected chi connectivity index (χ0v) is 19.8. The zero-order chi connectivity index (χ0) is 21.5. The molecule has 0 heterocycles. The Hall–Kier alpha value is -1.53. The van der Waals surface area contributed by atoms with Crippen molar-refractivity contribution >= 4 is 11.6 Å². The molecule has 2 aromatic carbocycles. The predicted octanol–water partition coefficient (Wildman–Crippen LogP) is 9.83. The second-order valence-corrected chi connectivity index (χ2v) is 10.6. The highest BCUT2D eigenvalue weighted by molar-refractivity contribution is 6.30. The quantitative estimate of drug-likeness (QED) is 0.362. The normalized spacial score (nSPS) is 26.5. The molecule has 0 radical (unpaired) electrons. The van der Waals surface area contributed by atoms with E-state index in [1.165, 1.54) is 93.7 Å².